The summed E-state index contributed by atoms with van der Waals surface area (Å²) in [5.41, 5.74) is 1.63. The van der Waals surface area contributed by atoms with Crippen LogP contribution in [0.5, 0.6) is 0 Å². The molecule has 1 heterocycles. The Morgan fingerprint density at radius 2 is 2.00 bits per heavy atom. The molecule has 6 nitrogen and oxygen atoms in total. The van der Waals surface area contributed by atoms with Gasteiger partial charge in [-0.15, -0.1) is 0 Å². The Morgan fingerprint density at radius 3 is 2.69 bits per heavy atom. The van der Waals surface area contributed by atoms with Crippen molar-refractivity contribution in [2.75, 3.05) is 0 Å². The largest absolute Gasteiger partial charge is 0.475 e. The molecule has 0 spiro atoms. The summed E-state index contributed by atoms with van der Waals surface area (Å²) >= 11 is 0. The lowest BCUT2D eigenvalue weighted by atomic mass is 9.75. The maximum atomic E-state index is 12.4. The fourth-order valence-electron chi connectivity index (χ4n) is 3.10. The molecular formula is C19H23BN2O4. The summed E-state index contributed by atoms with van der Waals surface area (Å²) in [7, 11) is -1.61. The number of fused-ring (bicyclic) bond motifs is 1. The van der Waals surface area contributed by atoms with Gasteiger partial charge >= 0.3 is 7.12 Å². The number of hydrogen-bond donors (Lipinski definition) is 3. The molecule has 2 aromatic carbocycles. The molecule has 0 aromatic heterocycles. The zero-order chi connectivity index (χ0) is 18.7. The predicted molar refractivity (Wildman–Crippen MR) is 102 cm³/mol. The van der Waals surface area contributed by atoms with Gasteiger partial charge in [-0.2, -0.15) is 0 Å². The van der Waals surface area contributed by atoms with E-state index in [1.807, 2.05) is 56.3 Å². The van der Waals surface area contributed by atoms with Gasteiger partial charge in [0, 0.05) is 12.0 Å². The van der Waals surface area contributed by atoms with E-state index in [4.69, 9.17) is 4.84 Å². The lowest BCUT2D eigenvalue weighted by Gasteiger charge is -2.20. The van der Waals surface area contributed by atoms with Crippen molar-refractivity contribution in [2.24, 2.45) is 11.1 Å². The standard InChI is InChI=1S/C19H23BN2O4/c1-12(2)9-18(20(24)25)21-19(23)17-11-16(22-26-17)15-8-7-13-5-3-4-6-14(13)10-15/h3-8,10,12,17-18,24-25H,9,11H2,1-2H3,(H,21,23)/t17?,18-/m0/s1. The number of carbonyl (C=O) groups excluding carboxylic acids is 1. The molecule has 0 radical (unpaired) electrons. The van der Waals surface area contributed by atoms with Crippen molar-refractivity contribution in [2.45, 2.75) is 38.7 Å². The second kappa shape index (κ2) is 7.89. The third kappa shape index (κ3) is 4.23. The summed E-state index contributed by atoms with van der Waals surface area (Å²) < 4.78 is 0. The van der Waals surface area contributed by atoms with Gasteiger partial charge in [0.25, 0.3) is 5.91 Å². The number of hydrogen-bond acceptors (Lipinski definition) is 5. The minimum atomic E-state index is -1.61. The van der Waals surface area contributed by atoms with Gasteiger partial charge in [0.1, 0.15) is 0 Å². The maximum absolute atomic E-state index is 12.4. The lowest BCUT2D eigenvalue weighted by Crippen LogP contribution is -2.50. The van der Waals surface area contributed by atoms with Crippen LogP contribution < -0.4 is 5.32 Å². The summed E-state index contributed by atoms with van der Waals surface area (Å²) in [6.07, 6.45) is 0.0547. The molecule has 3 N–H and O–H groups in total. The van der Waals surface area contributed by atoms with Crippen molar-refractivity contribution in [3.63, 3.8) is 0 Å². The summed E-state index contributed by atoms with van der Waals surface area (Å²) in [6, 6.07) is 14.0. The Balaban J connectivity index is 1.65. The molecular weight excluding hydrogens is 331 g/mol. The minimum Gasteiger partial charge on any atom is -0.426 e. The van der Waals surface area contributed by atoms with Crippen LogP contribution in [0.2, 0.25) is 0 Å². The summed E-state index contributed by atoms with van der Waals surface area (Å²) in [5.74, 6) is -0.893. The Morgan fingerprint density at radius 1 is 1.27 bits per heavy atom. The smallest absolute Gasteiger partial charge is 0.426 e. The lowest BCUT2D eigenvalue weighted by molar-refractivity contribution is -0.131. The molecule has 0 saturated heterocycles. The first kappa shape index (κ1) is 18.4. The van der Waals surface area contributed by atoms with E-state index < -0.39 is 19.2 Å². The zero-order valence-corrected chi connectivity index (χ0v) is 14.9. The van der Waals surface area contributed by atoms with Crippen LogP contribution in [0.25, 0.3) is 10.8 Å². The SMILES string of the molecule is CC(C)C[C@H](NC(=O)C1CC(c2ccc3ccccc3c2)=NO1)B(O)O. The van der Waals surface area contributed by atoms with E-state index in [9.17, 15) is 14.8 Å². The highest BCUT2D eigenvalue weighted by Crippen LogP contribution is 2.21. The van der Waals surface area contributed by atoms with Crippen LogP contribution in [0.3, 0.4) is 0 Å². The molecule has 1 aliphatic rings. The number of rotatable bonds is 6. The zero-order valence-electron chi connectivity index (χ0n) is 14.9. The molecule has 136 valence electrons. The monoisotopic (exact) mass is 354 g/mol. The van der Waals surface area contributed by atoms with Gasteiger partial charge in [-0.05, 0) is 29.2 Å². The van der Waals surface area contributed by atoms with Crippen LogP contribution in [0, 0.1) is 5.92 Å². The van der Waals surface area contributed by atoms with Crippen molar-refractivity contribution >= 4 is 29.5 Å². The molecule has 0 aliphatic carbocycles. The number of amides is 1. The van der Waals surface area contributed by atoms with E-state index in [-0.39, 0.29) is 11.8 Å². The van der Waals surface area contributed by atoms with Crippen LogP contribution in [0.15, 0.2) is 47.6 Å². The van der Waals surface area contributed by atoms with E-state index in [0.717, 1.165) is 16.3 Å². The molecule has 1 aliphatic heterocycles. The van der Waals surface area contributed by atoms with Crippen LogP contribution in [-0.4, -0.2) is 40.8 Å². The van der Waals surface area contributed by atoms with Gasteiger partial charge in [0.05, 0.1) is 11.7 Å². The van der Waals surface area contributed by atoms with E-state index in [1.165, 1.54) is 0 Å². The first-order chi connectivity index (χ1) is 12.4. The molecule has 2 atom stereocenters. The van der Waals surface area contributed by atoms with Gasteiger partial charge in [-0.25, -0.2) is 0 Å². The van der Waals surface area contributed by atoms with Crippen molar-refractivity contribution < 1.29 is 19.7 Å². The van der Waals surface area contributed by atoms with Gasteiger partial charge in [0.15, 0.2) is 0 Å². The number of benzene rings is 2. The molecule has 3 rings (SSSR count). The molecule has 0 bridgehead atoms. The van der Waals surface area contributed by atoms with Crippen molar-refractivity contribution in [1.82, 2.24) is 5.32 Å². The van der Waals surface area contributed by atoms with Crippen molar-refractivity contribution in [3.8, 4) is 0 Å². The highest BCUT2D eigenvalue weighted by atomic mass is 16.6. The van der Waals surface area contributed by atoms with Gasteiger partial charge in [0.2, 0.25) is 6.10 Å². The number of oxime groups is 1. The Labute approximate surface area is 153 Å². The average Bonchev–Trinajstić information content (AvgIpc) is 3.10. The van der Waals surface area contributed by atoms with Crippen LogP contribution >= 0.6 is 0 Å². The van der Waals surface area contributed by atoms with Gasteiger partial charge < -0.3 is 20.2 Å². The first-order valence-corrected chi connectivity index (χ1v) is 8.82. The van der Waals surface area contributed by atoms with Gasteiger partial charge in [-0.1, -0.05) is 55.4 Å². The van der Waals surface area contributed by atoms with Gasteiger partial charge in [-0.3, -0.25) is 4.79 Å². The van der Waals surface area contributed by atoms with E-state index in [1.54, 1.807) is 0 Å². The molecule has 2 aromatic rings. The second-order valence-electron chi connectivity index (χ2n) is 7.06. The fraction of sp³-hybridized carbons (Fsp3) is 0.368. The normalized spacial score (nSPS) is 17.7. The van der Waals surface area contributed by atoms with Crippen molar-refractivity contribution in [1.29, 1.82) is 0 Å². The fourth-order valence-corrected chi connectivity index (χ4v) is 3.10. The average molecular weight is 354 g/mol. The molecule has 1 amide bonds. The maximum Gasteiger partial charge on any atom is 0.475 e. The number of carbonyl (C=O) groups is 1. The van der Waals surface area contributed by atoms with E-state index in [0.29, 0.717) is 18.6 Å². The third-order valence-corrected chi connectivity index (χ3v) is 4.46. The highest BCUT2D eigenvalue weighted by Gasteiger charge is 2.33. The first-order valence-electron chi connectivity index (χ1n) is 8.82. The Kier molecular flexibility index (Phi) is 5.59. The Bertz CT molecular complexity index is 822. The van der Waals surface area contributed by atoms with Crippen LogP contribution in [0.4, 0.5) is 0 Å². The van der Waals surface area contributed by atoms with Crippen molar-refractivity contribution in [3.05, 3.63) is 48.0 Å². The topological polar surface area (TPSA) is 91.2 Å². The second-order valence-corrected chi connectivity index (χ2v) is 7.06. The third-order valence-electron chi connectivity index (χ3n) is 4.46. The van der Waals surface area contributed by atoms with Crippen LogP contribution in [-0.2, 0) is 9.63 Å². The van der Waals surface area contributed by atoms with Crippen LogP contribution in [0.1, 0.15) is 32.3 Å². The quantitative estimate of drug-likeness (QED) is 0.691. The summed E-state index contributed by atoms with van der Waals surface area (Å²) in [4.78, 5) is 17.7. The molecule has 0 fully saturated rings. The van der Waals surface area contributed by atoms with E-state index in [2.05, 4.69) is 10.5 Å². The number of nitrogens with zero attached hydrogens (tertiary/aromatic N) is 1. The predicted octanol–water partition coefficient (Wildman–Crippen LogP) is 1.88. The number of nitrogens with one attached hydrogen (secondary N) is 1. The summed E-state index contributed by atoms with van der Waals surface area (Å²) in [6.45, 7) is 3.91. The summed E-state index contributed by atoms with van der Waals surface area (Å²) in [5, 5.41) is 27.9. The molecule has 26 heavy (non-hydrogen) atoms. The minimum absolute atomic E-state index is 0.219. The molecule has 7 heteroatoms. The molecule has 0 saturated carbocycles. The Hall–Kier alpha value is -2.38. The highest BCUT2D eigenvalue weighted by molar-refractivity contribution is 6.43. The van der Waals surface area contributed by atoms with E-state index >= 15 is 0 Å². The molecule has 1 unspecified atom stereocenters.